The van der Waals surface area contributed by atoms with E-state index in [1.54, 1.807) is 22.9 Å². The Kier molecular flexibility index (Phi) is 3.60. The number of pyridine rings is 1. The maximum Gasteiger partial charge on any atom is 0.252 e. The summed E-state index contributed by atoms with van der Waals surface area (Å²) in [6, 6.07) is 1.85. The lowest BCUT2D eigenvalue weighted by Crippen LogP contribution is -2.44. The molecule has 1 aromatic rings. The number of amides is 1. The van der Waals surface area contributed by atoms with E-state index >= 15 is 0 Å². The van der Waals surface area contributed by atoms with Gasteiger partial charge in [0.2, 0.25) is 5.91 Å². The highest BCUT2D eigenvalue weighted by atomic mass is 32.2. The van der Waals surface area contributed by atoms with E-state index in [1.165, 1.54) is 20.0 Å². The second kappa shape index (κ2) is 5.20. The van der Waals surface area contributed by atoms with Gasteiger partial charge in [-0.3, -0.25) is 9.78 Å². The van der Waals surface area contributed by atoms with Gasteiger partial charge in [-0.05, 0) is 20.3 Å². The van der Waals surface area contributed by atoms with Crippen LogP contribution >= 0.6 is 11.8 Å². The second-order valence-corrected chi connectivity index (χ2v) is 7.50. The SMILES string of the molecule is CC(C)(C(=O)N1C[C@@H]2C[C@H]1c1cncc(C#N)c1S2)C(F)F. The van der Waals surface area contributed by atoms with Crippen LogP contribution in [-0.2, 0) is 4.79 Å². The molecule has 3 rings (SSSR count). The minimum atomic E-state index is -2.71. The van der Waals surface area contributed by atoms with Gasteiger partial charge in [-0.1, -0.05) is 0 Å². The summed E-state index contributed by atoms with van der Waals surface area (Å²) in [7, 11) is 0. The van der Waals surface area contributed by atoms with Crippen LogP contribution in [0, 0.1) is 16.7 Å². The number of rotatable bonds is 2. The Morgan fingerprint density at radius 2 is 2.27 bits per heavy atom. The lowest BCUT2D eigenvalue weighted by molar-refractivity contribution is -0.149. The quantitative estimate of drug-likeness (QED) is 0.839. The lowest BCUT2D eigenvalue weighted by atomic mass is 9.91. The fourth-order valence-corrected chi connectivity index (χ4v) is 4.34. The molecule has 116 valence electrons. The predicted molar refractivity (Wildman–Crippen MR) is 77.5 cm³/mol. The van der Waals surface area contributed by atoms with Gasteiger partial charge in [-0.25, -0.2) is 8.78 Å². The molecule has 1 aromatic heterocycles. The van der Waals surface area contributed by atoms with E-state index < -0.39 is 17.7 Å². The molecule has 2 atom stereocenters. The second-order valence-electron chi connectivity index (χ2n) is 6.19. The van der Waals surface area contributed by atoms with Crippen LogP contribution in [-0.4, -0.2) is 34.0 Å². The third kappa shape index (κ3) is 2.17. The van der Waals surface area contributed by atoms with Crippen molar-refractivity contribution < 1.29 is 13.6 Å². The van der Waals surface area contributed by atoms with Crippen LogP contribution in [0.4, 0.5) is 8.78 Å². The smallest absolute Gasteiger partial charge is 0.252 e. The number of likely N-dealkylation sites (tertiary alicyclic amines) is 1. The highest BCUT2D eigenvalue weighted by molar-refractivity contribution is 8.00. The Morgan fingerprint density at radius 1 is 1.55 bits per heavy atom. The van der Waals surface area contributed by atoms with Crippen molar-refractivity contribution in [2.45, 2.75) is 42.9 Å². The predicted octanol–water partition coefficient (Wildman–Crippen LogP) is 2.99. The number of alkyl halides is 2. The molecule has 0 saturated carbocycles. The molecular weight excluding hydrogens is 308 g/mol. The Hall–Kier alpha value is -1.68. The summed E-state index contributed by atoms with van der Waals surface area (Å²) in [5.41, 5.74) is -0.418. The van der Waals surface area contributed by atoms with Crippen molar-refractivity contribution in [3.8, 4) is 6.07 Å². The Labute approximate surface area is 131 Å². The Morgan fingerprint density at radius 3 is 2.91 bits per heavy atom. The number of nitriles is 1. The molecule has 0 unspecified atom stereocenters. The molecule has 0 spiro atoms. The fraction of sp³-hybridized carbons (Fsp3) is 0.533. The molecule has 2 aliphatic rings. The summed E-state index contributed by atoms with van der Waals surface area (Å²) in [6.07, 6.45) is 1.16. The molecular formula is C15H15F2N3OS. The normalized spacial score (nSPS) is 23.4. The minimum absolute atomic E-state index is 0.143. The van der Waals surface area contributed by atoms with Gasteiger partial charge in [-0.15, -0.1) is 11.8 Å². The third-order valence-electron chi connectivity index (χ3n) is 4.31. The number of hydrogen-bond donors (Lipinski definition) is 0. The summed E-state index contributed by atoms with van der Waals surface area (Å²) < 4.78 is 26.3. The van der Waals surface area contributed by atoms with E-state index in [4.69, 9.17) is 0 Å². The van der Waals surface area contributed by atoms with Crippen molar-refractivity contribution in [1.82, 2.24) is 9.88 Å². The van der Waals surface area contributed by atoms with Crippen molar-refractivity contribution in [3.05, 3.63) is 23.5 Å². The molecule has 0 N–H and O–H groups in total. The molecule has 0 radical (unpaired) electrons. The van der Waals surface area contributed by atoms with Crippen LogP contribution in [0.5, 0.6) is 0 Å². The zero-order valence-corrected chi connectivity index (χ0v) is 13.0. The molecule has 0 aliphatic carbocycles. The monoisotopic (exact) mass is 323 g/mol. The first kappa shape index (κ1) is 15.2. The number of hydrogen-bond acceptors (Lipinski definition) is 4. The summed E-state index contributed by atoms with van der Waals surface area (Å²) in [5.74, 6) is -0.536. The number of thioether (sulfide) groups is 1. The molecule has 4 nitrogen and oxygen atoms in total. The van der Waals surface area contributed by atoms with Crippen LogP contribution in [0.3, 0.4) is 0 Å². The summed E-state index contributed by atoms with van der Waals surface area (Å²) in [5, 5.41) is 9.32. The van der Waals surface area contributed by atoms with Gasteiger partial charge in [0.15, 0.2) is 0 Å². The highest BCUT2D eigenvalue weighted by Crippen LogP contribution is 2.50. The van der Waals surface area contributed by atoms with E-state index in [1.807, 2.05) is 0 Å². The van der Waals surface area contributed by atoms with Crippen molar-refractivity contribution in [3.63, 3.8) is 0 Å². The third-order valence-corrected chi connectivity index (χ3v) is 5.67. The zero-order valence-electron chi connectivity index (χ0n) is 12.2. The number of nitrogens with zero attached hydrogens (tertiary/aromatic N) is 3. The van der Waals surface area contributed by atoms with Crippen LogP contribution < -0.4 is 0 Å². The number of aromatic nitrogens is 1. The average Bonchev–Trinajstić information content (AvgIpc) is 2.83. The highest BCUT2D eigenvalue weighted by Gasteiger charge is 2.48. The summed E-state index contributed by atoms with van der Waals surface area (Å²) in [6.45, 7) is 2.99. The van der Waals surface area contributed by atoms with Crippen LogP contribution in [0.1, 0.15) is 37.4 Å². The van der Waals surface area contributed by atoms with Crippen LogP contribution in [0.15, 0.2) is 17.3 Å². The molecule has 0 aromatic carbocycles. The fourth-order valence-electron chi connectivity index (χ4n) is 2.95. The molecule has 3 heterocycles. The van der Waals surface area contributed by atoms with Gasteiger partial charge >= 0.3 is 0 Å². The van der Waals surface area contributed by atoms with Gasteiger partial charge in [0.05, 0.1) is 11.6 Å². The van der Waals surface area contributed by atoms with Gasteiger partial charge in [0.25, 0.3) is 6.43 Å². The number of carbonyl (C=O) groups excluding carboxylic acids is 1. The van der Waals surface area contributed by atoms with Crippen molar-refractivity contribution in [2.24, 2.45) is 5.41 Å². The van der Waals surface area contributed by atoms with Gasteiger partial charge in [-0.2, -0.15) is 5.26 Å². The number of halogens is 2. The van der Waals surface area contributed by atoms with Crippen molar-refractivity contribution >= 4 is 17.7 Å². The standard InChI is InChI=1S/C15H15F2N3OS/c1-15(2,13(16)17)14(21)20-7-9-3-11(20)10-6-19-5-8(4-18)12(10)22-9/h5-6,9,11,13H,3,7H2,1-2H3/t9-,11-/m0/s1. The van der Waals surface area contributed by atoms with Gasteiger partial charge in [0.1, 0.15) is 11.5 Å². The topological polar surface area (TPSA) is 57.0 Å². The zero-order chi connectivity index (χ0) is 16.1. The summed E-state index contributed by atoms with van der Waals surface area (Å²) >= 11 is 1.55. The molecule has 1 saturated heterocycles. The van der Waals surface area contributed by atoms with Gasteiger partial charge < -0.3 is 4.90 Å². The van der Waals surface area contributed by atoms with Crippen molar-refractivity contribution in [1.29, 1.82) is 5.26 Å². The number of fused-ring (bicyclic) bond motifs is 4. The Balaban J connectivity index is 1.99. The maximum absolute atomic E-state index is 13.2. The van der Waals surface area contributed by atoms with Gasteiger partial charge in [0, 0.05) is 34.6 Å². The van der Waals surface area contributed by atoms with Crippen LogP contribution in [0.2, 0.25) is 0 Å². The molecule has 1 fully saturated rings. The average molecular weight is 323 g/mol. The molecule has 7 heteroatoms. The first-order valence-corrected chi connectivity index (χ1v) is 7.88. The largest absolute Gasteiger partial charge is 0.334 e. The van der Waals surface area contributed by atoms with E-state index in [9.17, 15) is 18.8 Å². The molecule has 2 bridgehead atoms. The van der Waals surface area contributed by atoms with E-state index in [0.717, 1.165) is 16.9 Å². The lowest BCUT2D eigenvalue weighted by Gasteiger charge is -2.33. The molecule has 1 amide bonds. The molecule has 22 heavy (non-hydrogen) atoms. The first-order valence-electron chi connectivity index (χ1n) is 7.00. The first-order chi connectivity index (χ1) is 10.4. The van der Waals surface area contributed by atoms with E-state index in [-0.39, 0.29) is 11.3 Å². The Bertz CT molecular complexity index is 671. The van der Waals surface area contributed by atoms with Crippen LogP contribution in [0.25, 0.3) is 0 Å². The minimum Gasteiger partial charge on any atom is -0.334 e. The maximum atomic E-state index is 13.2. The van der Waals surface area contributed by atoms with E-state index in [2.05, 4.69) is 11.1 Å². The number of carbonyl (C=O) groups is 1. The summed E-state index contributed by atoms with van der Waals surface area (Å²) in [4.78, 5) is 19.0. The molecule has 2 aliphatic heterocycles. The van der Waals surface area contributed by atoms with Crippen molar-refractivity contribution in [2.75, 3.05) is 6.54 Å². The van der Waals surface area contributed by atoms with E-state index in [0.29, 0.717) is 12.1 Å².